The van der Waals surface area contributed by atoms with Gasteiger partial charge in [-0.15, -0.1) is 41.0 Å². The van der Waals surface area contributed by atoms with E-state index >= 15 is 0 Å². The van der Waals surface area contributed by atoms with Gasteiger partial charge in [-0.25, -0.2) is 0 Å². The van der Waals surface area contributed by atoms with Gasteiger partial charge >= 0.3 is 0 Å². The standard InChI is InChI=1S/C9H8N3.Ir/c1-12-7-10-11-9(12)8-5-3-2-4-6-8;/h2-5,7H,1H3;/q-1;. The number of rotatable bonds is 1. The van der Waals surface area contributed by atoms with E-state index in [2.05, 4.69) is 16.3 Å². The zero-order valence-electron chi connectivity index (χ0n) is 7.06. The molecule has 2 aromatic rings. The van der Waals surface area contributed by atoms with Crippen LogP contribution in [0.15, 0.2) is 30.6 Å². The molecule has 0 amide bonds. The molecule has 3 nitrogen and oxygen atoms in total. The molecule has 1 heterocycles. The number of benzene rings is 1. The number of nitrogens with zero attached hydrogens (tertiary/aromatic N) is 3. The summed E-state index contributed by atoms with van der Waals surface area (Å²) in [4.78, 5) is 0. The summed E-state index contributed by atoms with van der Waals surface area (Å²) in [5.41, 5.74) is 0.970. The Kier molecular flexibility index (Phi) is 3.34. The molecular formula is C9H8IrN3-. The molecule has 2 rings (SSSR count). The Morgan fingerprint density at radius 2 is 2.23 bits per heavy atom. The smallest absolute Gasteiger partial charge is 0.110 e. The van der Waals surface area contributed by atoms with Gasteiger partial charge in [-0.2, -0.15) is 5.10 Å². The summed E-state index contributed by atoms with van der Waals surface area (Å²) in [7, 11) is 1.91. The van der Waals surface area contributed by atoms with Crippen molar-refractivity contribution in [1.82, 2.24) is 14.8 Å². The Hall–Kier alpha value is -0.991. The van der Waals surface area contributed by atoms with Crippen molar-refractivity contribution in [3.05, 3.63) is 36.7 Å². The third kappa shape index (κ3) is 2.02. The predicted molar refractivity (Wildman–Crippen MR) is 45.3 cm³/mol. The third-order valence-electron chi connectivity index (χ3n) is 1.66. The second-order valence-corrected chi connectivity index (χ2v) is 2.54. The average molecular weight is 350 g/mol. The third-order valence-corrected chi connectivity index (χ3v) is 1.66. The topological polar surface area (TPSA) is 30.7 Å². The van der Waals surface area contributed by atoms with Crippen LogP contribution in [0.2, 0.25) is 0 Å². The van der Waals surface area contributed by atoms with Crippen molar-refractivity contribution in [2.24, 2.45) is 7.05 Å². The molecule has 13 heavy (non-hydrogen) atoms. The van der Waals surface area contributed by atoms with Crippen LogP contribution in [0.5, 0.6) is 0 Å². The van der Waals surface area contributed by atoms with E-state index in [0.29, 0.717) is 0 Å². The number of hydrogen-bond donors (Lipinski definition) is 0. The maximum Gasteiger partial charge on any atom is 0.110 e. The largest absolute Gasteiger partial charge is 0.357 e. The monoisotopic (exact) mass is 351 g/mol. The quantitative estimate of drug-likeness (QED) is 0.726. The van der Waals surface area contributed by atoms with E-state index in [4.69, 9.17) is 0 Å². The molecule has 0 atom stereocenters. The first-order valence-electron chi connectivity index (χ1n) is 3.69. The summed E-state index contributed by atoms with van der Waals surface area (Å²) in [6.07, 6.45) is 1.68. The molecule has 0 bridgehead atoms. The molecule has 0 unspecified atom stereocenters. The van der Waals surface area contributed by atoms with Crippen LogP contribution in [0.25, 0.3) is 11.4 Å². The van der Waals surface area contributed by atoms with Gasteiger partial charge in [0.05, 0.1) is 5.82 Å². The SMILES string of the molecule is Cn1cnnc1-c1[c-]cccc1.[Ir]. The van der Waals surface area contributed by atoms with Crippen LogP contribution in [-0.2, 0) is 27.2 Å². The molecule has 0 spiro atoms. The van der Waals surface area contributed by atoms with E-state index in [-0.39, 0.29) is 20.1 Å². The molecule has 0 aliphatic heterocycles. The Balaban J connectivity index is 0.000000845. The van der Waals surface area contributed by atoms with Crippen molar-refractivity contribution in [1.29, 1.82) is 0 Å². The van der Waals surface area contributed by atoms with Crippen molar-refractivity contribution >= 4 is 0 Å². The van der Waals surface area contributed by atoms with Crippen molar-refractivity contribution < 1.29 is 20.1 Å². The first-order chi connectivity index (χ1) is 5.88. The summed E-state index contributed by atoms with van der Waals surface area (Å²) in [6, 6.07) is 10.8. The van der Waals surface area contributed by atoms with Crippen molar-refractivity contribution in [3.8, 4) is 11.4 Å². The Bertz CT molecular complexity index is 369. The minimum Gasteiger partial charge on any atom is -0.357 e. The van der Waals surface area contributed by atoms with E-state index in [0.717, 1.165) is 11.4 Å². The van der Waals surface area contributed by atoms with Gasteiger partial charge in [-0.3, -0.25) is 0 Å². The van der Waals surface area contributed by atoms with Gasteiger partial charge in [0.25, 0.3) is 0 Å². The molecule has 0 fully saturated rings. The number of aryl methyl sites for hydroxylation is 1. The molecule has 0 N–H and O–H groups in total. The van der Waals surface area contributed by atoms with Crippen LogP contribution in [-0.4, -0.2) is 14.8 Å². The second kappa shape index (κ2) is 4.30. The molecule has 69 valence electrons. The summed E-state index contributed by atoms with van der Waals surface area (Å²) in [5.74, 6) is 0.843. The van der Waals surface area contributed by atoms with E-state index in [1.165, 1.54) is 0 Å². The maximum atomic E-state index is 3.97. The van der Waals surface area contributed by atoms with Gasteiger partial charge in [0, 0.05) is 27.2 Å². The molecular weight excluding hydrogens is 342 g/mol. The van der Waals surface area contributed by atoms with Gasteiger partial charge in [0.1, 0.15) is 6.33 Å². The molecule has 0 aliphatic carbocycles. The summed E-state index contributed by atoms with van der Waals surface area (Å²) in [5, 5.41) is 7.76. The normalized spacial score (nSPS) is 9.31. The van der Waals surface area contributed by atoms with Crippen LogP contribution >= 0.6 is 0 Å². The summed E-state index contributed by atoms with van der Waals surface area (Å²) in [6.45, 7) is 0. The van der Waals surface area contributed by atoms with Crippen LogP contribution in [0.1, 0.15) is 0 Å². The maximum absolute atomic E-state index is 3.97. The molecule has 1 radical (unpaired) electrons. The Morgan fingerprint density at radius 3 is 2.77 bits per heavy atom. The van der Waals surface area contributed by atoms with Gasteiger partial charge in [-0.05, 0) is 0 Å². The Morgan fingerprint density at radius 1 is 1.38 bits per heavy atom. The average Bonchev–Trinajstić information content (AvgIpc) is 2.53. The zero-order chi connectivity index (χ0) is 8.39. The van der Waals surface area contributed by atoms with E-state index in [9.17, 15) is 0 Å². The van der Waals surface area contributed by atoms with Crippen LogP contribution < -0.4 is 0 Å². The second-order valence-electron chi connectivity index (χ2n) is 2.54. The van der Waals surface area contributed by atoms with Gasteiger partial charge in [0.15, 0.2) is 0 Å². The fraction of sp³-hybridized carbons (Fsp3) is 0.111. The number of hydrogen-bond acceptors (Lipinski definition) is 2. The van der Waals surface area contributed by atoms with E-state index < -0.39 is 0 Å². The minimum absolute atomic E-state index is 0. The molecule has 1 aromatic carbocycles. The predicted octanol–water partition coefficient (Wildman–Crippen LogP) is 1.28. The minimum atomic E-state index is 0. The van der Waals surface area contributed by atoms with Crippen molar-refractivity contribution in [2.75, 3.05) is 0 Å². The summed E-state index contributed by atoms with van der Waals surface area (Å²) < 4.78 is 1.87. The molecule has 0 saturated heterocycles. The molecule has 4 heteroatoms. The summed E-state index contributed by atoms with van der Waals surface area (Å²) >= 11 is 0. The van der Waals surface area contributed by atoms with Gasteiger partial charge in [-0.1, -0.05) is 0 Å². The molecule has 0 saturated carbocycles. The Labute approximate surface area is 90.2 Å². The fourth-order valence-corrected chi connectivity index (χ4v) is 1.06. The zero-order valence-corrected chi connectivity index (χ0v) is 9.46. The molecule has 1 aromatic heterocycles. The fourth-order valence-electron chi connectivity index (χ4n) is 1.06. The first-order valence-corrected chi connectivity index (χ1v) is 3.69. The van der Waals surface area contributed by atoms with Crippen LogP contribution in [0.3, 0.4) is 0 Å². The van der Waals surface area contributed by atoms with Gasteiger partial charge in [0.2, 0.25) is 0 Å². The number of aromatic nitrogens is 3. The van der Waals surface area contributed by atoms with Crippen LogP contribution in [0, 0.1) is 6.07 Å². The molecule has 0 aliphatic rings. The van der Waals surface area contributed by atoms with E-state index in [1.54, 1.807) is 6.33 Å². The first kappa shape index (κ1) is 10.1. The van der Waals surface area contributed by atoms with Crippen molar-refractivity contribution in [2.45, 2.75) is 0 Å². The van der Waals surface area contributed by atoms with Crippen molar-refractivity contribution in [3.63, 3.8) is 0 Å². The van der Waals surface area contributed by atoms with Crippen LogP contribution in [0.4, 0.5) is 0 Å². The van der Waals surface area contributed by atoms with E-state index in [1.807, 2.05) is 35.9 Å². The van der Waals surface area contributed by atoms with Gasteiger partial charge < -0.3 is 4.57 Å².